The van der Waals surface area contributed by atoms with Crippen molar-refractivity contribution in [2.75, 3.05) is 26.9 Å². The molecule has 0 bridgehead atoms. The molecule has 0 spiro atoms. The number of nitrogens with zero attached hydrogens (tertiary/aromatic N) is 2. The Bertz CT molecular complexity index is 302. The van der Waals surface area contributed by atoms with Gasteiger partial charge in [0.1, 0.15) is 0 Å². The van der Waals surface area contributed by atoms with E-state index < -0.39 is 0 Å². The number of imidazole rings is 1. The summed E-state index contributed by atoms with van der Waals surface area (Å²) in [5.74, 6) is 0. The van der Waals surface area contributed by atoms with E-state index in [1.807, 2.05) is 12.5 Å². The first-order valence-corrected chi connectivity index (χ1v) is 6.11. The maximum Gasteiger partial charge on any atom is 0.0948 e. The molecule has 0 aliphatic rings. The number of methoxy groups -OCH3 is 1. The molecule has 1 aromatic heterocycles. The van der Waals surface area contributed by atoms with E-state index in [0.717, 1.165) is 31.7 Å². The first-order chi connectivity index (χ1) is 8.29. The average Bonchev–Trinajstić information content (AvgIpc) is 2.81. The zero-order valence-electron chi connectivity index (χ0n) is 10.8. The predicted molar refractivity (Wildman–Crippen MR) is 66.8 cm³/mol. The predicted octanol–water partition coefficient (Wildman–Crippen LogP) is 1.35. The van der Waals surface area contributed by atoms with Gasteiger partial charge in [0.2, 0.25) is 0 Å². The second kappa shape index (κ2) is 8.22. The molecule has 0 fully saturated rings. The van der Waals surface area contributed by atoms with Gasteiger partial charge >= 0.3 is 0 Å². The third-order valence-corrected chi connectivity index (χ3v) is 2.68. The van der Waals surface area contributed by atoms with Gasteiger partial charge in [0.15, 0.2) is 0 Å². The summed E-state index contributed by atoms with van der Waals surface area (Å²) in [5.41, 5.74) is 7.10. The van der Waals surface area contributed by atoms with E-state index in [1.165, 1.54) is 0 Å². The maximum absolute atomic E-state index is 6.00. The summed E-state index contributed by atoms with van der Waals surface area (Å²) >= 11 is 0. The Labute approximate surface area is 103 Å². The lowest BCUT2D eigenvalue weighted by Gasteiger charge is -2.12. The maximum atomic E-state index is 6.00. The largest absolute Gasteiger partial charge is 0.382 e. The van der Waals surface area contributed by atoms with Gasteiger partial charge in [0.25, 0.3) is 0 Å². The van der Waals surface area contributed by atoms with Crippen LogP contribution in [0.5, 0.6) is 0 Å². The van der Waals surface area contributed by atoms with Crippen molar-refractivity contribution < 1.29 is 9.47 Å². The fourth-order valence-electron chi connectivity index (χ4n) is 1.62. The Kier molecular flexibility index (Phi) is 6.84. The lowest BCUT2D eigenvalue weighted by molar-refractivity contribution is 0.0679. The number of rotatable bonds is 9. The molecule has 1 aromatic rings. The van der Waals surface area contributed by atoms with Crippen molar-refractivity contribution in [2.24, 2.45) is 5.73 Å². The van der Waals surface area contributed by atoms with Crippen LogP contribution in [0.25, 0.3) is 0 Å². The molecule has 1 heterocycles. The smallest absolute Gasteiger partial charge is 0.0948 e. The van der Waals surface area contributed by atoms with E-state index in [1.54, 1.807) is 7.11 Å². The minimum Gasteiger partial charge on any atom is -0.382 e. The highest BCUT2D eigenvalue weighted by molar-refractivity contribution is 5.03. The van der Waals surface area contributed by atoms with Crippen molar-refractivity contribution in [2.45, 2.75) is 32.4 Å². The van der Waals surface area contributed by atoms with Gasteiger partial charge in [-0.3, -0.25) is 0 Å². The number of hydrogen-bond acceptors (Lipinski definition) is 4. The Morgan fingerprint density at radius 1 is 1.41 bits per heavy atom. The minimum atomic E-state index is 0.0758. The summed E-state index contributed by atoms with van der Waals surface area (Å²) in [6.07, 6.45) is 5.57. The zero-order chi connectivity index (χ0) is 12.5. The number of nitrogens with two attached hydrogens (primary N) is 1. The molecule has 0 aliphatic carbocycles. The molecule has 0 aliphatic heterocycles. The standard InChI is InChI=1S/C12H23N3O2/c1-3-11(13)12-9-14-10-15(12)5-4-6-17-8-7-16-2/h9-11H,3-8,13H2,1-2H3/t11-/m1/s1. The molecular formula is C12H23N3O2. The first-order valence-electron chi connectivity index (χ1n) is 6.11. The van der Waals surface area contributed by atoms with Crippen LogP contribution in [0.4, 0.5) is 0 Å². The second-order valence-electron chi connectivity index (χ2n) is 3.99. The third-order valence-electron chi connectivity index (χ3n) is 2.68. The SMILES string of the molecule is CC[C@@H](N)c1cncn1CCCOCCOC. The van der Waals surface area contributed by atoms with Crippen LogP contribution in [-0.4, -0.2) is 36.5 Å². The van der Waals surface area contributed by atoms with E-state index in [4.69, 9.17) is 15.2 Å². The molecular weight excluding hydrogens is 218 g/mol. The van der Waals surface area contributed by atoms with Gasteiger partial charge in [-0.05, 0) is 12.8 Å². The average molecular weight is 241 g/mol. The zero-order valence-corrected chi connectivity index (χ0v) is 10.8. The first kappa shape index (κ1) is 14.2. The quantitative estimate of drug-likeness (QED) is 0.663. The summed E-state index contributed by atoms with van der Waals surface area (Å²) in [6.45, 7) is 5.02. The van der Waals surface area contributed by atoms with Gasteiger partial charge in [0, 0.05) is 32.5 Å². The summed E-state index contributed by atoms with van der Waals surface area (Å²) in [4.78, 5) is 4.14. The fraction of sp³-hybridized carbons (Fsp3) is 0.750. The summed E-state index contributed by atoms with van der Waals surface area (Å²) in [6, 6.07) is 0.0758. The highest BCUT2D eigenvalue weighted by Crippen LogP contribution is 2.13. The highest BCUT2D eigenvalue weighted by atomic mass is 16.5. The van der Waals surface area contributed by atoms with E-state index in [9.17, 15) is 0 Å². The number of aryl methyl sites for hydroxylation is 1. The van der Waals surface area contributed by atoms with E-state index in [0.29, 0.717) is 13.2 Å². The van der Waals surface area contributed by atoms with Crippen molar-refractivity contribution in [1.29, 1.82) is 0 Å². The molecule has 0 radical (unpaired) electrons. The van der Waals surface area contributed by atoms with Crippen molar-refractivity contribution >= 4 is 0 Å². The van der Waals surface area contributed by atoms with Crippen LogP contribution in [0.3, 0.4) is 0 Å². The van der Waals surface area contributed by atoms with E-state index in [-0.39, 0.29) is 6.04 Å². The van der Waals surface area contributed by atoms with Crippen LogP contribution in [0.1, 0.15) is 31.5 Å². The van der Waals surface area contributed by atoms with Gasteiger partial charge in [0.05, 0.1) is 25.2 Å². The van der Waals surface area contributed by atoms with Crippen LogP contribution in [0, 0.1) is 0 Å². The molecule has 5 heteroatoms. The molecule has 17 heavy (non-hydrogen) atoms. The molecule has 0 amide bonds. The Hall–Kier alpha value is -0.910. The van der Waals surface area contributed by atoms with Crippen molar-refractivity contribution in [3.63, 3.8) is 0 Å². The van der Waals surface area contributed by atoms with Crippen molar-refractivity contribution in [3.8, 4) is 0 Å². The Morgan fingerprint density at radius 2 is 2.24 bits per heavy atom. The monoisotopic (exact) mass is 241 g/mol. The normalized spacial score (nSPS) is 12.9. The van der Waals surface area contributed by atoms with E-state index in [2.05, 4.69) is 16.5 Å². The molecule has 0 saturated carbocycles. The summed E-state index contributed by atoms with van der Waals surface area (Å²) < 4.78 is 12.4. The van der Waals surface area contributed by atoms with Crippen LogP contribution >= 0.6 is 0 Å². The second-order valence-corrected chi connectivity index (χ2v) is 3.99. The van der Waals surface area contributed by atoms with Crippen LogP contribution in [0.2, 0.25) is 0 Å². The Morgan fingerprint density at radius 3 is 2.94 bits per heavy atom. The highest BCUT2D eigenvalue weighted by Gasteiger charge is 2.08. The fourth-order valence-corrected chi connectivity index (χ4v) is 1.62. The third kappa shape index (κ3) is 4.85. The lowest BCUT2D eigenvalue weighted by atomic mass is 10.2. The van der Waals surface area contributed by atoms with Crippen molar-refractivity contribution in [3.05, 3.63) is 18.2 Å². The van der Waals surface area contributed by atoms with Gasteiger partial charge in [-0.2, -0.15) is 0 Å². The van der Waals surface area contributed by atoms with Gasteiger partial charge < -0.3 is 19.8 Å². The summed E-state index contributed by atoms with van der Waals surface area (Å²) in [5, 5.41) is 0. The van der Waals surface area contributed by atoms with Crippen LogP contribution in [-0.2, 0) is 16.0 Å². The van der Waals surface area contributed by atoms with Crippen LogP contribution in [0.15, 0.2) is 12.5 Å². The molecule has 0 unspecified atom stereocenters. The molecule has 98 valence electrons. The minimum absolute atomic E-state index is 0.0758. The number of aromatic nitrogens is 2. The van der Waals surface area contributed by atoms with Crippen LogP contribution < -0.4 is 5.73 Å². The molecule has 1 atom stereocenters. The number of hydrogen-bond donors (Lipinski definition) is 1. The van der Waals surface area contributed by atoms with Gasteiger partial charge in [-0.15, -0.1) is 0 Å². The van der Waals surface area contributed by atoms with E-state index >= 15 is 0 Å². The van der Waals surface area contributed by atoms with Gasteiger partial charge in [-0.1, -0.05) is 6.92 Å². The van der Waals surface area contributed by atoms with Crippen molar-refractivity contribution in [1.82, 2.24) is 9.55 Å². The molecule has 5 nitrogen and oxygen atoms in total. The molecule has 0 saturated heterocycles. The topological polar surface area (TPSA) is 62.3 Å². The summed E-state index contributed by atoms with van der Waals surface area (Å²) in [7, 11) is 1.67. The van der Waals surface area contributed by atoms with Gasteiger partial charge in [-0.25, -0.2) is 4.98 Å². The molecule has 2 N–H and O–H groups in total. The molecule has 0 aromatic carbocycles. The lowest BCUT2D eigenvalue weighted by Crippen LogP contribution is -2.15. The Balaban J connectivity index is 2.24. The molecule has 1 rings (SSSR count). The number of ether oxygens (including phenoxy) is 2.